The van der Waals surface area contributed by atoms with Gasteiger partial charge in [0.15, 0.2) is 5.43 Å². The zero-order valence-electron chi connectivity index (χ0n) is 15.1. The van der Waals surface area contributed by atoms with E-state index in [0.29, 0.717) is 38.7 Å². The normalized spacial score (nSPS) is 10.4. The summed E-state index contributed by atoms with van der Waals surface area (Å²) < 4.78 is 5.80. The van der Waals surface area contributed by atoms with Crippen LogP contribution in [0.15, 0.2) is 63.8 Å². The smallest absolute Gasteiger partial charge is 0.336 e. The fourth-order valence-corrected chi connectivity index (χ4v) is 3.57. The Bertz CT molecular complexity index is 1240. The Morgan fingerprint density at radius 1 is 0.966 bits per heavy atom. The minimum Gasteiger partial charge on any atom is -0.508 e. The Morgan fingerprint density at radius 3 is 2.38 bits per heavy atom. The van der Waals surface area contributed by atoms with Crippen LogP contribution >= 0.6 is 15.9 Å². The van der Waals surface area contributed by atoms with Crippen LogP contribution in [0, 0.1) is 0 Å². The van der Waals surface area contributed by atoms with Gasteiger partial charge in [-0.2, -0.15) is 0 Å². The summed E-state index contributed by atoms with van der Waals surface area (Å²) in [5.74, 6) is -0.700. The van der Waals surface area contributed by atoms with E-state index in [0.717, 1.165) is 5.56 Å². The van der Waals surface area contributed by atoms with Crippen molar-refractivity contribution in [1.82, 2.24) is 0 Å². The number of phenolic OH excluding ortho intramolecular Hbond substituents is 1. The van der Waals surface area contributed by atoms with Crippen LogP contribution in [0.25, 0.3) is 33.4 Å². The van der Waals surface area contributed by atoms with Crippen molar-refractivity contribution in [2.24, 2.45) is 0 Å². The van der Waals surface area contributed by atoms with E-state index >= 15 is 0 Å². The first-order chi connectivity index (χ1) is 13.0. The predicted molar refractivity (Wildman–Crippen MR) is 106 cm³/mol. The molecular weight excluding hydrogens is 590 g/mol. The molecule has 0 atom stereocenters. The average Bonchev–Trinajstić information content (AvgIpc) is 2.65. The molecular formula is C21H13BrO5Y2. The fourth-order valence-electron chi connectivity index (χ4n) is 3.22. The SMILES string of the molecule is O=C(O)c1cc(CBr)ccc1-c1c2ccc(=O)cc-2oc2cc(O)ccc12.[Y].[Y]. The molecule has 5 nitrogen and oxygen atoms in total. The second kappa shape index (κ2) is 9.93. The second-order valence-corrected chi connectivity index (χ2v) is 6.69. The van der Waals surface area contributed by atoms with E-state index in [4.69, 9.17) is 4.42 Å². The van der Waals surface area contributed by atoms with Gasteiger partial charge in [0.05, 0.1) is 5.56 Å². The Hall–Kier alpha value is -0.912. The van der Waals surface area contributed by atoms with Gasteiger partial charge < -0.3 is 14.6 Å². The number of fused-ring (bicyclic) bond motifs is 2. The second-order valence-electron chi connectivity index (χ2n) is 6.13. The monoisotopic (exact) mass is 602 g/mol. The van der Waals surface area contributed by atoms with Crippen molar-refractivity contribution in [2.45, 2.75) is 5.33 Å². The number of alkyl halides is 1. The third-order valence-corrected chi connectivity index (χ3v) is 5.06. The standard InChI is InChI=1S/C21H13BrO5.2Y/c22-10-11-1-4-14(17(7-11)21(25)26)20-15-5-2-12(23)8-18(15)27-19-9-13(24)3-6-16(19)20;;/h1-9,23H,10H2,(H,25,26);;. The molecule has 0 fully saturated rings. The maximum Gasteiger partial charge on any atom is 0.336 e. The van der Waals surface area contributed by atoms with Crippen molar-refractivity contribution < 1.29 is 84.8 Å². The maximum absolute atomic E-state index is 11.9. The molecule has 0 saturated carbocycles. The van der Waals surface area contributed by atoms with Gasteiger partial charge in [0.25, 0.3) is 0 Å². The zero-order chi connectivity index (χ0) is 19.1. The molecule has 2 aromatic carbocycles. The minimum atomic E-state index is -1.05. The van der Waals surface area contributed by atoms with Crippen molar-refractivity contribution in [2.75, 3.05) is 0 Å². The molecule has 2 N–H and O–H groups in total. The van der Waals surface area contributed by atoms with Crippen LogP contribution in [0.2, 0.25) is 0 Å². The van der Waals surface area contributed by atoms with Crippen LogP contribution in [0.4, 0.5) is 0 Å². The molecule has 1 aliphatic carbocycles. The number of aromatic hydroxyl groups is 1. The van der Waals surface area contributed by atoms with Crippen LogP contribution in [-0.2, 0) is 70.7 Å². The molecule has 0 amide bonds. The minimum absolute atomic E-state index is 0. The van der Waals surface area contributed by atoms with E-state index in [-0.39, 0.29) is 82.2 Å². The Balaban J connectivity index is 0.00000150. The maximum atomic E-state index is 11.9. The summed E-state index contributed by atoms with van der Waals surface area (Å²) in [5, 5.41) is 20.7. The number of hydrogen-bond donors (Lipinski definition) is 2. The summed E-state index contributed by atoms with van der Waals surface area (Å²) in [7, 11) is 0. The van der Waals surface area contributed by atoms with Gasteiger partial charge in [-0.15, -0.1) is 0 Å². The molecule has 2 radical (unpaired) electrons. The number of phenols is 1. The number of carboxylic acids is 1. The topological polar surface area (TPSA) is 87.7 Å². The Morgan fingerprint density at radius 2 is 1.69 bits per heavy atom. The first-order valence-electron chi connectivity index (χ1n) is 8.10. The van der Waals surface area contributed by atoms with Gasteiger partial charge in [-0.25, -0.2) is 4.79 Å². The van der Waals surface area contributed by atoms with Crippen LogP contribution < -0.4 is 5.43 Å². The van der Waals surface area contributed by atoms with Gasteiger partial charge in [-0.3, -0.25) is 4.79 Å². The van der Waals surface area contributed by atoms with Crippen LogP contribution in [0.1, 0.15) is 15.9 Å². The van der Waals surface area contributed by atoms with Gasteiger partial charge in [-0.1, -0.05) is 28.1 Å². The Kier molecular flexibility index (Phi) is 8.34. The van der Waals surface area contributed by atoms with Crippen LogP contribution in [-0.4, -0.2) is 16.2 Å². The van der Waals surface area contributed by atoms with Gasteiger partial charge in [0.1, 0.15) is 17.1 Å². The van der Waals surface area contributed by atoms with E-state index in [9.17, 15) is 19.8 Å². The van der Waals surface area contributed by atoms with E-state index in [1.165, 1.54) is 24.3 Å². The molecule has 0 unspecified atom stereocenters. The van der Waals surface area contributed by atoms with E-state index in [1.54, 1.807) is 24.3 Å². The molecule has 2 aromatic rings. The fraction of sp³-hybridized carbons (Fsp3) is 0.0476. The van der Waals surface area contributed by atoms with Crippen molar-refractivity contribution in [3.8, 4) is 28.2 Å². The molecule has 4 rings (SSSR count). The molecule has 140 valence electrons. The van der Waals surface area contributed by atoms with Gasteiger partial charge in [0, 0.05) is 99.4 Å². The summed E-state index contributed by atoms with van der Waals surface area (Å²) in [4.78, 5) is 23.7. The predicted octanol–water partition coefficient (Wildman–Crippen LogP) is 4.86. The Labute approximate surface area is 224 Å². The van der Waals surface area contributed by atoms with Crippen LogP contribution in [0.5, 0.6) is 5.75 Å². The number of carbonyl (C=O) groups is 1. The molecule has 29 heavy (non-hydrogen) atoms. The number of halogens is 1. The number of rotatable bonds is 3. The molecule has 0 bridgehead atoms. The van der Waals surface area contributed by atoms with Crippen molar-refractivity contribution in [3.63, 3.8) is 0 Å². The molecule has 0 aromatic heterocycles. The third-order valence-electron chi connectivity index (χ3n) is 4.41. The summed E-state index contributed by atoms with van der Waals surface area (Å²) >= 11 is 3.35. The van der Waals surface area contributed by atoms with Crippen molar-refractivity contribution >= 4 is 32.9 Å². The van der Waals surface area contributed by atoms with E-state index in [1.807, 2.05) is 6.07 Å². The zero-order valence-corrected chi connectivity index (χ0v) is 22.3. The molecule has 2 aliphatic rings. The van der Waals surface area contributed by atoms with Crippen molar-refractivity contribution in [1.29, 1.82) is 0 Å². The molecule has 0 saturated heterocycles. The third kappa shape index (κ3) is 4.72. The molecule has 8 heteroatoms. The largest absolute Gasteiger partial charge is 0.508 e. The number of aromatic carboxylic acids is 1. The van der Waals surface area contributed by atoms with Crippen molar-refractivity contribution in [3.05, 3.63) is 75.9 Å². The number of hydrogen-bond acceptors (Lipinski definition) is 4. The summed E-state index contributed by atoms with van der Waals surface area (Å²) in [6.07, 6.45) is 0. The first kappa shape index (κ1) is 24.4. The van der Waals surface area contributed by atoms with E-state index < -0.39 is 5.97 Å². The van der Waals surface area contributed by atoms with Gasteiger partial charge in [0.2, 0.25) is 0 Å². The summed E-state index contributed by atoms with van der Waals surface area (Å²) in [6.45, 7) is 0. The molecule has 0 spiro atoms. The number of carboxylic acid groups (broad SMARTS) is 1. The first-order valence-corrected chi connectivity index (χ1v) is 9.22. The van der Waals surface area contributed by atoms with Crippen LogP contribution in [0.3, 0.4) is 0 Å². The van der Waals surface area contributed by atoms with Gasteiger partial charge in [-0.05, 0) is 41.5 Å². The summed E-state index contributed by atoms with van der Waals surface area (Å²) in [5.41, 5.74) is 2.92. The van der Waals surface area contributed by atoms with Gasteiger partial charge >= 0.3 is 5.97 Å². The van der Waals surface area contributed by atoms with E-state index in [2.05, 4.69) is 15.9 Å². The average molecular weight is 603 g/mol. The summed E-state index contributed by atoms with van der Waals surface area (Å²) in [6, 6.07) is 14.3. The molecule has 1 heterocycles. The number of benzene rings is 3. The molecule has 1 aliphatic heterocycles. The quantitative estimate of drug-likeness (QED) is 0.258.